The van der Waals surface area contributed by atoms with Gasteiger partial charge in [0.1, 0.15) is 11.6 Å². The topological polar surface area (TPSA) is 47.6 Å². The van der Waals surface area contributed by atoms with Gasteiger partial charge in [0.05, 0.1) is 11.3 Å². The Morgan fingerprint density at radius 3 is 2.75 bits per heavy atom. The van der Waals surface area contributed by atoms with Crippen LogP contribution >= 0.6 is 0 Å². The summed E-state index contributed by atoms with van der Waals surface area (Å²) in [6.07, 6.45) is 2.48. The molecule has 2 aromatic rings. The van der Waals surface area contributed by atoms with Gasteiger partial charge in [-0.25, -0.2) is 8.78 Å². The quantitative estimate of drug-likeness (QED) is 0.792. The van der Waals surface area contributed by atoms with Crippen molar-refractivity contribution in [3.63, 3.8) is 0 Å². The van der Waals surface area contributed by atoms with Crippen molar-refractivity contribution in [2.75, 3.05) is 42.7 Å². The van der Waals surface area contributed by atoms with E-state index in [0.717, 1.165) is 19.5 Å². The van der Waals surface area contributed by atoms with E-state index in [9.17, 15) is 13.6 Å². The Balaban J connectivity index is 1.51. The Hall–Kier alpha value is -2.93. The molecule has 1 saturated heterocycles. The summed E-state index contributed by atoms with van der Waals surface area (Å²) < 4.78 is 28.2. The highest BCUT2D eigenvalue weighted by atomic mass is 19.1. The molecule has 2 N–H and O–H groups in total. The molecule has 2 aromatic carbocycles. The largest absolute Gasteiger partial charge is 0.368 e. The van der Waals surface area contributed by atoms with Crippen LogP contribution in [0.5, 0.6) is 0 Å². The zero-order valence-corrected chi connectivity index (χ0v) is 15.8. The number of anilines is 3. The maximum absolute atomic E-state index is 14.7. The predicted molar refractivity (Wildman–Crippen MR) is 107 cm³/mol. The number of carbonyl (C=O) groups excluding carboxylic acids is 1. The van der Waals surface area contributed by atoms with Crippen LogP contribution in [0.15, 0.2) is 42.6 Å². The van der Waals surface area contributed by atoms with Crippen molar-refractivity contribution in [3.8, 4) is 0 Å². The van der Waals surface area contributed by atoms with Crippen molar-refractivity contribution in [2.45, 2.75) is 12.5 Å². The first-order chi connectivity index (χ1) is 13.4. The number of carbonyl (C=O) groups is 1. The number of amides is 1. The van der Waals surface area contributed by atoms with Crippen molar-refractivity contribution in [3.05, 3.63) is 59.8 Å². The lowest BCUT2D eigenvalue weighted by Gasteiger charge is -2.22. The Kier molecular flexibility index (Phi) is 4.77. The van der Waals surface area contributed by atoms with E-state index in [1.54, 1.807) is 12.1 Å². The summed E-state index contributed by atoms with van der Waals surface area (Å²) in [5.74, 6) is -1.06. The molecule has 5 nitrogen and oxygen atoms in total. The Bertz CT molecular complexity index is 957. The molecule has 2 heterocycles. The number of likely N-dealkylation sites (N-methyl/N-ethyl adjacent to an activating group) is 1. The van der Waals surface area contributed by atoms with E-state index in [1.807, 2.05) is 19.0 Å². The second-order valence-electron chi connectivity index (χ2n) is 7.36. The van der Waals surface area contributed by atoms with Crippen LogP contribution in [0.3, 0.4) is 0 Å². The number of hydrogen-bond donors (Lipinski definition) is 2. The van der Waals surface area contributed by atoms with E-state index in [1.165, 1.54) is 30.5 Å². The molecule has 0 spiro atoms. The first kappa shape index (κ1) is 18.4. The van der Waals surface area contributed by atoms with Gasteiger partial charge in [-0.05, 0) is 56.9 Å². The third kappa shape index (κ3) is 3.45. The molecule has 7 heteroatoms. The number of nitrogens with one attached hydrogen (secondary N) is 2. The summed E-state index contributed by atoms with van der Waals surface area (Å²) in [5.41, 5.74) is 2.46. The third-order valence-electron chi connectivity index (χ3n) is 5.33. The molecule has 1 unspecified atom stereocenters. The molecule has 0 aliphatic carbocycles. The minimum atomic E-state index is -0.418. The van der Waals surface area contributed by atoms with E-state index >= 15 is 0 Å². The highest BCUT2D eigenvalue weighted by Crippen LogP contribution is 2.32. The summed E-state index contributed by atoms with van der Waals surface area (Å²) in [4.78, 5) is 16.3. The van der Waals surface area contributed by atoms with Crippen LogP contribution in [0, 0.1) is 11.6 Å². The van der Waals surface area contributed by atoms with E-state index in [4.69, 9.17) is 0 Å². The van der Waals surface area contributed by atoms with Crippen molar-refractivity contribution in [1.29, 1.82) is 0 Å². The summed E-state index contributed by atoms with van der Waals surface area (Å²) in [5, 5.41) is 5.63. The number of benzene rings is 2. The Labute approximate surface area is 162 Å². The number of rotatable bonds is 4. The fourth-order valence-electron chi connectivity index (χ4n) is 3.69. The molecule has 0 radical (unpaired) electrons. The minimum absolute atomic E-state index is 0.312. The van der Waals surface area contributed by atoms with E-state index in [2.05, 4.69) is 15.5 Å². The van der Waals surface area contributed by atoms with Gasteiger partial charge in [-0.15, -0.1) is 0 Å². The molecule has 2 aliphatic rings. The van der Waals surface area contributed by atoms with Gasteiger partial charge in [-0.1, -0.05) is 0 Å². The van der Waals surface area contributed by atoms with Gasteiger partial charge >= 0.3 is 0 Å². The molecule has 0 saturated carbocycles. The van der Waals surface area contributed by atoms with Crippen LogP contribution in [-0.2, 0) is 4.79 Å². The Morgan fingerprint density at radius 1 is 1.21 bits per heavy atom. The van der Waals surface area contributed by atoms with Gasteiger partial charge in [0.25, 0.3) is 5.91 Å². The second kappa shape index (κ2) is 7.24. The number of nitrogens with zero attached hydrogens (tertiary/aromatic N) is 2. The summed E-state index contributed by atoms with van der Waals surface area (Å²) in [7, 11) is 4.07. The van der Waals surface area contributed by atoms with Crippen LogP contribution in [-0.4, -0.2) is 44.0 Å². The molecule has 1 fully saturated rings. The lowest BCUT2D eigenvalue weighted by Crippen LogP contribution is -2.31. The average molecular weight is 384 g/mol. The van der Waals surface area contributed by atoms with E-state index in [-0.39, 0.29) is 11.7 Å². The van der Waals surface area contributed by atoms with Crippen LogP contribution in [0.2, 0.25) is 0 Å². The van der Waals surface area contributed by atoms with Crippen LogP contribution < -0.4 is 15.5 Å². The zero-order valence-electron chi connectivity index (χ0n) is 15.8. The van der Waals surface area contributed by atoms with Gasteiger partial charge in [-0.3, -0.25) is 4.79 Å². The van der Waals surface area contributed by atoms with Crippen molar-refractivity contribution in [2.24, 2.45) is 0 Å². The van der Waals surface area contributed by atoms with Gasteiger partial charge in [0, 0.05) is 42.3 Å². The Morgan fingerprint density at radius 2 is 2.04 bits per heavy atom. The molecular weight excluding hydrogens is 362 g/mol. The molecule has 146 valence electrons. The van der Waals surface area contributed by atoms with Crippen LogP contribution in [0.1, 0.15) is 12.0 Å². The summed E-state index contributed by atoms with van der Waals surface area (Å²) in [6, 6.07) is 9.48. The average Bonchev–Trinajstić information content (AvgIpc) is 3.25. The normalized spacial score (nSPS) is 20.0. The predicted octanol–water partition coefficient (Wildman–Crippen LogP) is 3.51. The number of fused-ring (bicyclic) bond motifs is 1. The molecule has 0 bridgehead atoms. The molecule has 0 aromatic heterocycles. The van der Waals surface area contributed by atoms with E-state index in [0.29, 0.717) is 34.2 Å². The zero-order chi connectivity index (χ0) is 19.8. The lowest BCUT2D eigenvalue weighted by atomic mass is 10.1. The maximum Gasteiger partial charge on any atom is 0.257 e. The van der Waals surface area contributed by atoms with Gasteiger partial charge in [-0.2, -0.15) is 0 Å². The van der Waals surface area contributed by atoms with Gasteiger partial charge in [0.2, 0.25) is 0 Å². The fourth-order valence-corrected chi connectivity index (χ4v) is 3.69. The molecule has 28 heavy (non-hydrogen) atoms. The van der Waals surface area contributed by atoms with E-state index < -0.39 is 5.82 Å². The molecule has 4 rings (SSSR count). The van der Waals surface area contributed by atoms with Crippen molar-refractivity contribution >= 4 is 28.5 Å². The first-order valence-corrected chi connectivity index (χ1v) is 9.21. The smallest absolute Gasteiger partial charge is 0.257 e. The number of hydrogen-bond acceptors (Lipinski definition) is 4. The summed E-state index contributed by atoms with van der Waals surface area (Å²) >= 11 is 0. The standard InChI is InChI=1S/C21H22F2N4O/c1-26(2)15-7-8-27(12-15)20-6-4-14(10-18(20)23)24-11-17-16-9-13(22)3-5-19(16)25-21(17)28/h3-6,9-11,15,24H,7-8,12H2,1-2H3,(H,25,28)/b17-11-. The highest BCUT2D eigenvalue weighted by Gasteiger charge is 2.26. The van der Waals surface area contributed by atoms with Crippen LogP contribution in [0.4, 0.5) is 25.8 Å². The number of halogens is 2. The minimum Gasteiger partial charge on any atom is -0.368 e. The second-order valence-corrected chi connectivity index (χ2v) is 7.36. The molecule has 2 aliphatic heterocycles. The lowest BCUT2D eigenvalue weighted by molar-refractivity contribution is -0.110. The molecule has 1 amide bonds. The van der Waals surface area contributed by atoms with Crippen molar-refractivity contribution in [1.82, 2.24) is 4.90 Å². The van der Waals surface area contributed by atoms with Crippen molar-refractivity contribution < 1.29 is 13.6 Å². The highest BCUT2D eigenvalue weighted by molar-refractivity contribution is 6.31. The first-order valence-electron chi connectivity index (χ1n) is 9.21. The van der Waals surface area contributed by atoms with Crippen LogP contribution in [0.25, 0.3) is 5.57 Å². The third-order valence-corrected chi connectivity index (χ3v) is 5.33. The SMILES string of the molecule is CN(C)C1CCN(c2ccc(N/C=C3\C(=O)Nc4ccc(F)cc43)cc2F)C1. The maximum atomic E-state index is 14.7. The molecule has 1 atom stereocenters. The molecular formula is C21H22F2N4O. The monoisotopic (exact) mass is 384 g/mol. The van der Waals surface area contributed by atoms with Gasteiger partial charge in [0.15, 0.2) is 0 Å². The fraction of sp³-hybridized carbons (Fsp3) is 0.286. The van der Waals surface area contributed by atoms with Gasteiger partial charge < -0.3 is 20.4 Å². The summed E-state index contributed by atoms with van der Waals surface area (Å²) in [6.45, 7) is 1.61.